The standard InChI is InChI=1S/C15H16ClN5.C15H17ClN4O.C15H12ClN3O.C14H16ClN3O2.C11H12ClN3O/c16-11-7-13-12(9-19-20-13)14(8-11)21-5-1-10(2-6-21)15-17-3-4-18-15;1-9(21)19-7-12-3-2-11(19)8-20(12)15-5-10(16)4-14-13(15)6-17-18-14;16-11-6-12(13-9-18-19-14(13)7-11)15(20)17-8-10-4-2-1-3-5-10;1-20-14(19)9-2-4-18(5-3-9)13-7-10(15)6-12-11(13)8-16-17-12;1-6(2)14-11(16)8-3-7(12)4-10-9(8)5-13-15-10/h3-4,7-10H,1-2,5-6H2,(H,17,18)(H,19,20);4-6,11-12H,2-3,7-8H2,1H3,(H,17,18);1-7,9H,8H2,(H,17,20)(H,18,19);6-9H,2-5H2,1H3,(H,16,17);3-6H,1-2H3,(H,13,15)(H,14,16). The smallest absolute Gasteiger partial charge is 0.308 e. The summed E-state index contributed by atoms with van der Waals surface area (Å²) in [5.74, 6) is 1.42. The van der Waals surface area contributed by atoms with Gasteiger partial charge in [0.15, 0.2) is 0 Å². The SMILES string of the molecule is CC(=O)N1CC2CCC1CN2c1cc(Cl)cc2[nH]ncc12.CC(C)NC(=O)c1cc(Cl)cc2[nH]ncc12.COC(=O)C1CCN(c2cc(Cl)cc3[nH]ncc23)CC1.Clc1cc(N2CCC(c3ncc[nH]3)CC2)c2cn[nH]c2c1.O=C(NCc1ccccc1)c1cc(Cl)cc2[nH]ncc12. The third-order valence-corrected chi connectivity index (χ3v) is 19.2. The minimum Gasteiger partial charge on any atom is -0.469 e. The number of anilines is 3. The highest BCUT2D eigenvalue weighted by Crippen LogP contribution is 2.39. The molecular weight excluding hydrogens is 1350 g/mol. The van der Waals surface area contributed by atoms with Crippen LogP contribution < -0.4 is 25.3 Å². The number of hydrogen-bond acceptors (Lipinski definition) is 14. The highest BCUT2D eigenvalue weighted by atomic mass is 35.5. The monoisotopic (exact) mass is 1420 g/mol. The molecule has 0 aliphatic carbocycles. The Kier molecular flexibility index (Phi) is 21.7. The molecule has 28 heteroatoms. The zero-order chi connectivity index (χ0) is 68.6. The van der Waals surface area contributed by atoms with Gasteiger partial charge in [-0.05, 0) is 119 Å². The molecule has 5 aliphatic heterocycles. The van der Waals surface area contributed by atoms with Crippen molar-refractivity contribution in [3.8, 4) is 0 Å². The van der Waals surface area contributed by atoms with E-state index in [2.05, 4.69) is 86.3 Å². The maximum atomic E-state index is 12.3. The minimum atomic E-state index is -0.164. The van der Waals surface area contributed by atoms with Gasteiger partial charge in [0.1, 0.15) is 5.82 Å². The molecule has 0 saturated carbocycles. The van der Waals surface area contributed by atoms with Gasteiger partial charge >= 0.3 is 5.97 Å². The summed E-state index contributed by atoms with van der Waals surface area (Å²) in [5.41, 5.74) is 9.89. The first-order valence-corrected chi connectivity index (χ1v) is 34.2. The lowest BCUT2D eigenvalue weighted by Crippen LogP contribution is -2.63. The lowest BCUT2D eigenvalue weighted by Gasteiger charge is -2.52. The summed E-state index contributed by atoms with van der Waals surface area (Å²) in [5, 5.41) is 48.4. The molecule has 5 fully saturated rings. The quantitative estimate of drug-likeness (QED) is 0.0591. The fourth-order valence-electron chi connectivity index (χ4n) is 13.3. The van der Waals surface area contributed by atoms with Crippen molar-refractivity contribution in [3.05, 3.63) is 182 Å². The normalized spacial score (nSPS) is 16.3. The number of piperidine rings is 4. The van der Waals surface area contributed by atoms with E-state index in [1.54, 1.807) is 43.6 Å². The maximum absolute atomic E-state index is 12.3. The molecule has 5 saturated heterocycles. The molecule has 3 amide bonds. The van der Waals surface area contributed by atoms with Crippen LogP contribution in [0, 0.1) is 5.92 Å². The molecular formula is C70H73Cl5N18O5. The molecule has 12 aromatic rings. The van der Waals surface area contributed by atoms with Crippen LogP contribution in [-0.2, 0) is 20.9 Å². The highest BCUT2D eigenvalue weighted by molar-refractivity contribution is 6.33. The molecule has 508 valence electrons. The number of halogens is 5. The van der Waals surface area contributed by atoms with Crippen molar-refractivity contribution in [2.24, 2.45) is 5.92 Å². The van der Waals surface area contributed by atoms with Crippen molar-refractivity contribution in [3.63, 3.8) is 0 Å². The van der Waals surface area contributed by atoms with E-state index in [4.69, 9.17) is 62.7 Å². The predicted octanol–water partition coefficient (Wildman–Crippen LogP) is 13.8. The Labute approximate surface area is 589 Å². The zero-order valence-corrected chi connectivity index (χ0v) is 58.0. The van der Waals surface area contributed by atoms with Gasteiger partial charge < -0.3 is 40.0 Å². The van der Waals surface area contributed by atoms with Crippen LogP contribution in [0.15, 0.2) is 134 Å². The van der Waals surface area contributed by atoms with Crippen LogP contribution in [0.3, 0.4) is 0 Å². The topological polar surface area (TPSA) is 287 Å². The number of fused-ring (bicyclic) bond motifs is 8. The molecule has 2 unspecified atom stereocenters. The van der Waals surface area contributed by atoms with Gasteiger partial charge in [-0.15, -0.1) is 0 Å². The second-order valence-corrected chi connectivity index (χ2v) is 27.0. The number of methoxy groups -OCH3 is 1. The number of amides is 3. The third kappa shape index (κ3) is 15.9. The number of nitrogens with zero attached hydrogens (tertiary/aromatic N) is 10. The zero-order valence-electron chi connectivity index (χ0n) is 54.2. The van der Waals surface area contributed by atoms with Gasteiger partial charge in [0.05, 0.1) is 82.7 Å². The number of H-pyrrole nitrogens is 6. The van der Waals surface area contributed by atoms with Crippen molar-refractivity contribution in [2.45, 2.75) is 89.9 Å². The predicted molar refractivity (Wildman–Crippen MR) is 387 cm³/mol. The Morgan fingerprint density at radius 2 is 1.00 bits per heavy atom. The number of piperazine rings is 1. The molecule has 8 N–H and O–H groups in total. The Bertz CT molecular complexity index is 4750. The van der Waals surface area contributed by atoms with Crippen LogP contribution in [0.25, 0.3) is 54.5 Å². The number of nitrogens with one attached hydrogen (secondary N) is 8. The van der Waals surface area contributed by atoms with Gasteiger partial charge in [-0.1, -0.05) is 88.3 Å². The minimum absolute atomic E-state index is 0.00951. The number of aromatic nitrogens is 12. The number of carbonyl (C=O) groups excluding carboxylic acids is 4. The van der Waals surface area contributed by atoms with E-state index in [-0.39, 0.29) is 35.7 Å². The van der Waals surface area contributed by atoms with Crippen molar-refractivity contribution in [1.29, 1.82) is 0 Å². The molecule has 23 nitrogen and oxygen atoms in total. The highest BCUT2D eigenvalue weighted by Gasteiger charge is 2.41. The third-order valence-electron chi connectivity index (χ3n) is 18.1. The number of carbonyl (C=O) groups is 4. The number of benzene rings is 6. The van der Waals surface area contributed by atoms with E-state index in [0.29, 0.717) is 55.8 Å². The van der Waals surface area contributed by atoms with Crippen molar-refractivity contribution in [1.82, 2.24) is 76.5 Å². The number of rotatable bonds is 10. The Morgan fingerprint density at radius 1 is 0.551 bits per heavy atom. The molecule has 98 heavy (non-hydrogen) atoms. The number of hydrogen-bond donors (Lipinski definition) is 8. The Hall–Kier alpha value is -9.39. The molecule has 2 bridgehead atoms. The fourth-order valence-corrected chi connectivity index (χ4v) is 14.4. The van der Waals surface area contributed by atoms with Crippen LogP contribution in [0.4, 0.5) is 17.1 Å². The summed E-state index contributed by atoms with van der Waals surface area (Å²) in [6, 6.07) is 29.0. The summed E-state index contributed by atoms with van der Waals surface area (Å²) in [6.07, 6.45) is 18.5. The Morgan fingerprint density at radius 3 is 1.46 bits per heavy atom. The largest absolute Gasteiger partial charge is 0.469 e. The van der Waals surface area contributed by atoms with E-state index >= 15 is 0 Å². The second kappa shape index (κ2) is 31.0. The fraction of sp³-hybridized carbons (Fsp3) is 0.314. The summed E-state index contributed by atoms with van der Waals surface area (Å²) in [6.45, 7) is 11.3. The summed E-state index contributed by atoms with van der Waals surface area (Å²) in [7, 11) is 1.45. The summed E-state index contributed by atoms with van der Waals surface area (Å²) >= 11 is 30.6. The number of imidazole rings is 1. The van der Waals surface area contributed by atoms with Crippen LogP contribution in [0.2, 0.25) is 25.1 Å². The van der Waals surface area contributed by atoms with Crippen LogP contribution in [-0.4, -0.2) is 154 Å². The molecule has 11 heterocycles. The van der Waals surface area contributed by atoms with E-state index in [1.807, 2.05) is 116 Å². The lowest BCUT2D eigenvalue weighted by molar-refractivity contribution is -0.146. The average Bonchev–Trinajstić information content (AvgIpc) is 0.962. The van der Waals surface area contributed by atoms with Crippen molar-refractivity contribution >= 4 is 153 Å². The average molecular weight is 1420 g/mol. The van der Waals surface area contributed by atoms with Crippen LogP contribution in [0.5, 0.6) is 0 Å². The molecule has 17 rings (SSSR count). The Balaban J connectivity index is 0.000000117. The first-order chi connectivity index (χ1) is 47.4. The first kappa shape index (κ1) is 68.5. The molecule has 6 aromatic heterocycles. The van der Waals surface area contributed by atoms with Gasteiger partial charge in [0.2, 0.25) is 5.91 Å². The van der Waals surface area contributed by atoms with Gasteiger partial charge in [-0.2, -0.15) is 25.5 Å². The van der Waals surface area contributed by atoms with Gasteiger partial charge in [-0.3, -0.25) is 44.7 Å². The molecule has 6 aromatic carbocycles. The number of esters is 1. The molecule has 5 aliphatic rings. The van der Waals surface area contributed by atoms with Crippen LogP contribution >= 0.6 is 58.0 Å². The van der Waals surface area contributed by atoms with E-state index < -0.39 is 0 Å². The molecule has 0 radical (unpaired) electrons. The van der Waals surface area contributed by atoms with Crippen molar-refractivity contribution < 1.29 is 23.9 Å². The van der Waals surface area contributed by atoms with E-state index in [0.717, 1.165) is 160 Å². The number of ether oxygens (including phenoxy) is 1. The summed E-state index contributed by atoms with van der Waals surface area (Å²) in [4.78, 5) is 64.1. The van der Waals surface area contributed by atoms with Gasteiger partial charge in [0.25, 0.3) is 11.8 Å². The summed E-state index contributed by atoms with van der Waals surface area (Å²) < 4.78 is 4.81. The van der Waals surface area contributed by atoms with Crippen molar-refractivity contribution in [2.75, 3.05) is 61.1 Å². The van der Waals surface area contributed by atoms with E-state index in [1.165, 1.54) is 12.8 Å². The molecule has 2 atom stereocenters. The van der Waals surface area contributed by atoms with Gasteiger partial charge in [0, 0.05) is 158 Å². The maximum Gasteiger partial charge on any atom is 0.308 e. The second-order valence-electron chi connectivity index (χ2n) is 24.9. The first-order valence-electron chi connectivity index (χ1n) is 32.3. The van der Waals surface area contributed by atoms with E-state index in [9.17, 15) is 19.2 Å². The van der Waals surface area contributed by atoms with Crippen LogP contribution in [0.1, 0.15) is 97.3 Å². The lowest BCUT2D eigenvalue weighted by atomic mass is 9.90. The molecule has 0 spiro atoms. The number of aromatic amines is 6. The van der Waals surface area contributed by atoms with Gasteiger partial charge in [-0.25, -0.2) is 4.98 Å².